The third kappa shape index (κ3) is 5.10. The summed E-state index contributed by atoms with van der Waals surface area (Å²) >= 11 is 4.86. The van der Waals surface area contributed by atoms with E-state index < -0.39 is 17.5 Å². The van der Waals surface area contributed by atoms with Crippen LogP contribution in [0.5, 0.6) is 5.75 Å². The van der Waals surface area contributed by atoms with E-state index in [2.05, 4.69) is 5.10 Å². The molecule has 1 heterocycles. The van der Waals surface area contributed by atoms with Gasteiger partial charge < -0.3 is 9.47 Å². The molecule has 28 heavy (non-hydrogen) atoms. The first kappa shape index (κ1) is 19.9. The van der Waals surface area contributed by atoms with Crippen LogP contribution in [0, 0.1) is 6.92 Å². The molecule has 0 aliphatic carbocycles. The third-order valence-electron chi connectivity index (χ3n) is 3.91. The second kappa shape index (κ2) is 8.43. The highest BCUT2D eigenvalue weighted by Crippen LogP contribution is 2.37. The molecule has 0 aliphatic rings. The van der Waals surface area contributed by atoms with Gasteiger partial charge in [-0.25, -0.2) is 0 Å². The minimum Gasteiger partial charge on any atom is -0.438 e. The Kier molecular flexibility index (Phi) is 5.99. The second-order valence-electron chi connectivity index (χ2n) is 6.06. The molecule has 4 nitrogen and oxygen atoms in total. The van der Waals surface area contributed by atoms with Crippen LogP contribution in [0.25, 0.3) is 0 Å². The largest absolute Gasteiger partial charge is 0.438 e. The molecule has 8 heteroatoms. The Morgan fingerprint density at radius 3 is 2.29 bits per heavy atom. The van der Waals surface area contributed by atoms with E-state index >= 15 is 0 Å². The standard InChI is InChI=1S/C20H17F3N2O2S/c1-14-17(13-25(24-14)12-15-8-4-2-5-9-15)18(20(21,22)23)27-19(28)26-16-10-6-3-7-11-16/h2-11,13,18H,12H2,1H3. The fourth-order valence-electron chi connectivity index (χ4n) is 2.65. The Balaban J connectivity index is 1.79. The third-order valence-corrected chi connectivity index (χ3v) is 4.09. The number of hydrogen-bond donors (Lipinski definition) is 0. The van der Waals surface area contributed by atoms with Crippen molar-refractivity contribution in [2.24, 2.45) is 0 Å². The Bertz CT molecular complexity index is 928. The number of rotatable bonds is 5. The van der Waals surface area contributed by atoms with Gasteiger partial charge in [-0.3, -0.25) is 4.68 Å². The van der Waals surface area contributed by atoms with E-state index in [1.165, 1.54) is 17.8 Å². The van der Waals surface area contributed by atoms with Crippen molar-refractivity contribution < 1.29 is 22.6 Å². The Morgan fingerprint density at radius 1 is 1.07 bits per heavy atom. The van der Waals surface area contributed by atoms with Gasteiger partial charge in [-0.15, -0.1) is 0 Å². The van der Waals surface area contributed by atoms with Crippen molar-refractivity contribution in [2.75, 3.05) is 0 Å². The number of nitrogens with zero attached hydrogens (tertiary/aromatic N) is 2. The number of thiocarbonyl (C=S) groups is 1. The van der Waals surface area contributed by atoms with E-state index in [9.17, 15) is 13.2 Å². The molecule has 1 unspecified atom stereocenters. The van der Waals surface area contributed by atoms with Gasteiger partial charge in [0.2, 0.25) is 6.10 Å². The molecule has 0 saturated carbocycles. The molecule has 0 amide bonds. The van der Waals surface area contributed by atoms with Gasteiger partial charge in [0.1, 0.15) is 5.75 Å². The summed E-state index contributed by atoms with van der Waals surface area (Å²) < 4.78 is 52.5. The van der Waals surface area contributed by atoms with Crippen LogP contribution >= 0.6 is 12.2 Å². The summed E-state index contributed by atoms with van der Waals surface area (Å²) in [5.74, 6) is 0.296. The Labute approximate surface area is 165 Å². The normalized spacial score (nSPS) is 12.4. The lowest BCUT2D eigenvalue weighted by atomic mass is 10.1. The highest BCUT2D eigenvalue weighted by atomic mass is 32.1. The zero-order valence-corrected chi connectivity index (χ0v) is 15.7. The van der Waals surface area contributed by atoms with E-state index in [4.69, 9.17) is 21.7 Å². The van der Waals surface area contributed by atoms with E-state index in [1.807, 2.05) is 30.3 Å². The summed E-state index contributed by atoms with van der Waals surface area (Å²) in [6.07, 6.45) is -5.63. The lowest BCUT2D eigenvalue weighted by Crippen LogP contribution is -2.27. The summed E-state index contributed by atoms with van der Waals surface area (Å²) in [6.45, 7) is 1.84. The van der Waals surface area contributed by atoms with Gasteiger partial charge in [-0.1, -0.05) is 48.5 Å². The van der Waals surface area contributed by atoms with Crippen molar-refractivity contribution in [3.8, 4) is 5.75 Å². The predicted molar refractivity (Wildman–Crippen MR) is 102 cm³/mol. The molecule has 0 N–H and O–H groups in total. The van der Waals surface area contributed by atoms with Crippen molar-refractivity contribution in [3.05, 3.63) is 83.7 Å². The summed E-state index contributed by atoms with van der Waals surface area (Å²) in [6, 6.07) is 17.6. The van der Waals surface area contributed by atoms with Crippen molar-refractivity contribution in [3.63, 3.8) is 0 Å². The molecule has 146 valence electrons. The van der Waals surface area contributed by atoms with Gasteiger partial charge in [-0.2, -0.15) is 18.3 Å². The van der Waals surface area contributed by atoms with Gasteiger partial charge >= 0.3 is 11.4 Å². The van der Waals surface area contributed by atoms with Crippen LogP contribution < -0.4 is 4.74 Å². The summed E-state index contributed by atoms with van der Waals surface area (Å²) in [4.78, 5) is 0. The van der Waals surface area contributed by atoms with Crippen LogP contribution in [0.1, 0.15) is 22.9 Å². The molecule has 3 aromatic rings. The molecule has 0 radical (unpaired) electrons. The monoisotopic (exact) mass is 406 g/mol. The average Bonchev–Trinajstić information content (AvgIpc) is 3.00. The summed E-state index contributed by atoms with van der Waals surface area (Å²) in [5.41, 5.74) is 1.02. The van der Waals surface area contributed by atoms with Crippen molar-refractivity contribution in [2.45, 2.75) is 25.7 Å². The Morgan fingerprint density at radius 2 is 1.68 bits per heavy atom. The van der Waals surface area contributed by atoms with Crippen molar-refractivity contribution in [1.82, 2.24) is 9.78 Å². The van der Waals surface area contributed by atoms with Crippen molar-refractivity contribution >= 4 is 17.5 Å². The van der Waals surface area contributed by atoms with E-state index in [0.717, 1.165) is 5.56 Å². The van der Waals surface area contributed by atoms with Crippen LogP contribution in [-0.2, 0) is 11.3 Å². The lowest BCUT2D eigenvalue weighted by Gasteiger charge is -2.21. The van der Waals surface area contributed by atoms with Crippen LogP contribution in [0.4, 0.5) is 13.2 Å². The van der Waals surface area contributed by atoms with E-state index in [-0.39, 0.29) is 11.3 Å². The minimum atomic E-state index is -4.69. The molecule has 0 saturated heterocycles. The Hall–Kier alpha value is -2.87. The quantitative estimate of drug-likeness (QED) is 0.544. The molecule has 0 spiro atoms. The molecule has 1 aromatic heterocycles. The fraction of sp³-hybridized carbons (Fsp3) is 0.200. The maximum absolute atomic E-state index is 13.6. The molecule has 1 atom stereocenters. The van der Waals surface area contributed by atoms with Gasteiger partial charge in [0, 0.05) is 24.0 Å². The van der Waals surface area contributed by atoms with Crippen LogP contribution in [-0.4, -0.2) is 21.2 Å². The van der Waals surface area contributed by atoms with Crippen molar-refractivity contribution in [1.29, 1.82) is 0 Å². The smallest absolute Gasteiger partial charge is 0.430 e. The number of para-hydroxylation sites is 1. The van der Waals surface area contributed by atoms with Crippen LogP contribution in [0.2, 0.25) is 0 Å². The molecule has 0 bridgehead atoms. The SMILES string of the molecule is Cc1nn(Cc2ccccc2)cc1C(OC(=S)Oc1ccccc1)C(F)(F)F. The number of hydrogen-bond acceptors (Lipinski definition) is 4. The fourth-order valence-corrected chi connectivity index (χ4v) is 2.85. The van der Waals surface area contributed by atoms with Gasteiger partial charge in [0.25, 0.3) is 0 Å². The van der Waals surface area contributed by atoms with Gasteiger partial charge in [-0.05, 0) is 24.6 Å². The van der Waals surface area contributed by atoms with Gasteiger partial charge in [0.15, 0.2) is 0 Å². The highest BCUT2D eigenvalue weighted by molar-refractivity contribution is 7.79. The first-order chi connectivity index (χ1) is 13.3. The summed E-state index contributed by atoms with van der Waals surface area (Å²) in [7, 11) is 0. The molecule has 2 aromatic carbocycles. The maximum Gasteiger partial charge on any atom is 0.430 e. The van der Waals surface area contributed by atoms with E-state index in [0.29, 0.717) is 12.3 Å². The zero-order chi connectivity index (χ0) is 20.1. The number of alkyl halides is 3. The number of ether oxygens (including phenoxy) is 2. The molecular weight excluding hydrogens is 389 g/mol. The van der Waals surface area contributed by atoms with Crippen LogP contribution in [0.15, 0.2) is 66.9 Å². The molecular formula is C20H17F3N2O2S. The predicted octanol–water partition coefficient (Wildman–Crippen LogP) is 5.22. The first-order valence-corrected chi connectivity index (χ1v) is 8.82. The van der Waals surface area contributed by atoms with Gasteiger partial charge in [0.05, 0.1) is 12.2 Å². The highest BCUT2D eigenvalue weighted by Gasteiger charge is 2.45. The number of halogens is 3. The first-order valence-electron chi connectivity index (χ1n) is 8.41. The molecule has 3 rings (SSSR count). The molecule has 0 aliphatic heterocycles. The topological polar surface area (TPSA) is 36.3 Å². The average molecular weight is 406 g/mol. The number of aromatic nitrogens is 2. The summed E-state index contributed by atoms with van der Waals surface area (Å²) in [5, 5.41) is 3.58. The maximum atomic E-state index is 13.6. The second-order valence-corrected chi connectivity index (χ2v) is 6.39. The number of aryl methyl sites for hydroxylation is 1. The van der Waals surface area contributed by atoms with Crippen LogP contribution in [0.3, 0.4) is 0 Å². The molecule has 0 fully saturated rings. The minimum absolute atomic E-state index is 0.109. The number of benzene rings is 2. The zero-order valence-electron chi connectivity index (χ0n) is 14.9. The van der Waals surface area contributed by atoms with E-state index in [1.54, 1.807) is 30.3 Å². The lowest BCUT2D eigenvalue weighted by molar-refractivity contribution is -0.204.